The molecule has 2 aromatic carbocycles. The van der Waals surface area contributed by atoms with Gasteiger partial charge in [0.15, 0.2) is 5.13 Å². The molecule has 0 fully saturated rings. The van der Waals surface area contributed by atoms with Crippen LogP contribution >= 0.6 is 23.3 Å². The predicted octanol–water partition coefficient (Wildman–Crippen LogP) is 6.50. The molecule has 1 unspecified atom stereocenters. The standard InChI is InChI=1S/C19H19F4N3S2/c1-3-24-18-25-15-10-9-14(11-16(15)27-18)28-26(4-2)17(19(21,22)23)12-5-7-13(20)8-6-12/h5-11,17H,3-4H2,1-2H3,(H,24,25). The Kier molecular flexibility index (Phi) is 6.47. The summed E-state index contributed by atoms with van der Waals surface area (Å²) >= 11 is 2.50. The zero-order chi connectivity index (χ0) is 20.3. The van der Waals surface area contributed by atoms with Gasteiger partial charge in [-0.2, -0.15) is 13.2 Å². The summed E-state index contributed by atoms with van der Waals surface area (Å²) in [6.07, 6.45) is -4.49. The van der Waals surface area contributed by atoms with Crippen LogP contribution in [0.15, 0.2) is 47.4 Å². The number of hydrogen-bond acceptors (Lipinski definition) is 5. The third kappa shape index (κ3) is 4.76. The van der Waals surface area contributed by atoms with Gasteiger partial charge in [0.2, 0.25) is 0 Å². The number of anilines is 1. The number of fused-ring (bicyclic) bond motifs is 1. The highest BCUT2D eigenvalue weighted by Gasteiger charge is 2.44. The molecule has 0 amide bonds. The molecule has 0 bridgehead atoms. The van der Waals surface area contributed by atoms with Crippen LogP contribution in [0.5, 0.6) is 0 Å². The Balaban J connectivity index is 1.90. The first-order chi connectivity index (χ1) is 13.3. The number of alkyl halides is 3. The van der Waals surface area contributed by atoms with Crippen molar-refractivity contribution >= 4 is 38.6 Å². The number of halogens is 4. The zero-order valence-corrected chi connectivity index (χ0v) is 16.9. The van der Waals surface area contributed by atoms with Gasteiger partial charge in [-0.05, 0) is 54.8 Å². The van der Waals surface area contributed by atoms with Gasteiger partial charge in [0.05, 0.1) is 10.2 Å². The molecule has 0 radical (unpaired) electrons. The topological polar surface area (TPSA) is 28.2 Å². The molecular weight excluding hydrogens is 410 g/mol. The highest BCUT2D eigenvalue weighted by molar-refractivity contribution is 7.97. The SMILES string of the molecule is CCNc1nc2ccc(SN(CC)C(c3ccc(F)cc3)C(F)(F)F)cc2s1. The number of nitrogens with one attached hydrogen (secondary N) is 1. The molecule has 1 N–H and O–H groups in total. The number of thiazole rings is 1. The van der Waals surface area contributed by atoms with E-state index in [-0.39, 0.29) is 12.1 Å². The lowest BCUT2D eigenvalue weighted by molar-refractivity contribution is -0.172. The Morgan fingerprint density at radius 3 is 2.46 bits per heavy atom. The van der Waals surface area contributed by atoms with Gasteiger partial charge in [-0.3, -0.25) is 0 Å². The van der Waals surface area contributed by atoms with Crippen LogP contribution in [0.2, 0.25) is 0 Å². The molecule has 0 spiro atoms. The van der Waals surface area contributed by atoms with Crippen LogP contribution in [-0.4, -0.2) is 28.6 Å². The average molecular weight is 430 g/mol. The summed E-state index contributed by atoms with van der Waals surface area (Å²) in [6.45, 7) is 4.55. The van der Waals surface area contributed by atoms with E-state index in [0.29, 0.717) is 4.90 Å². The monoisotopic (exact) mass is 429 g/mol. The third-order valence-corrected chi connectivity index (χ3v) is 6.15. The van der Waals surface area contributed by atoms with Gasteiger partial charge in [0.25, 0.3) is 0 Å². The highest BCUT2D eigenvalue weighted by Crippen LogP contribution is 2.43. The fourth-order valence-electron chi connectivity index (χ4n) is 2.79. The van der Waals surface area contributed by atoms with Crippen molar-refractivity contribution in [2.24, 2.45) is 0 Å². The largest absolute Gasteiger partial charge is 0.408 e. The minimum Gasteiger partial charge on any atom is -0.362 e. The van der Waals surface area contributed by atoms with Gasteiger partial charge in [-0.1, -0.05) is 30.4 Å². The molecule has 3 aromatic rings. The summed E-state index contributed by atoms with van der Waals surface area (Å²) in [6, 6.07) is 8.07. The number of benzene rings is 2. The molecule has 1 atom stereocenters. The number of hydrogen-bond donors (Lipinski definition) is 1. The summed E-state index contributed by atoms with van der Waals surface area (Å²) < 4.78 is 56.8. The molecule has 0 aliphatic carbocycles. The van der Waals surface area contributed by atoms with Crippen molar-refractivity contribution in [2.75, 3.05) is 18.4 Å². The van der Waals surface area contributed by atoms with Crippen LogP contribution in [0.25, 0.3) is 10.2 Å². The zero-order valence-electron chi connectivity index (χ0n) is 15.3. The van der Waals surface area contributed by atoms with Crippen LogP contribution < -0.4 is 5.32 Å². The number of aromatic nitrogens is 1. The van der Waals surface area contributed by atoms with Gasteiger partial charge in [-0.25, -0.2) is 13.7 Å². The summed E-state index contributed by atoms with van der Waals surface area (Å²) in [7, 11) is 0. The Morgan fingerprint density at radius 2 is 1.86 bits per heavy atom. The Morgan fingerprint density at radius 1 is 1.14 bits per heavy atom. The first-order valence-electron chi connectivity index (χ1n) is 8.73. The first kappa shape index (κ1) is 20.9. The molecule has 150 valence electrons. The van der Waals surface area contributed by atoms with Crippen molar-refractivity contribution in [1.29, 1.82) is 0 Å². The van der Waals surface area contributed by atoms with Gasteiger partial charge in [-0.15, -0.1) is 0 Å². The van der Waals surface area contributed by atoms with Crippen molar-refractivity contribution in [3.05, 3.63) is 53.8 Å². The smallest absolute Gasteiger partial charge is 0.362 e. The van der Waals surface area contributed by atoms with Gasteiger partial charge in [0.1, 0.15) is 11.9 Å². The molecule has 3 nitrogen and oxygen atoms in total. The lowest BCUT2D eigenvalue weighted by Gasteiger charge is -2.31. The van der Waals surface area contributed by atoms with E-state index in [9.17, 15) is 17.6 Å². The third-order valence-electron chi connectivity index (χ3n) is 4.01. The molecule has 1 aromatic heterocycles. The average Bonchev–Trinajstić information content (AvgIpc) is 3.03. The normalized spacial score (nSPS) is 13.2. The molecule has 0 aliphatic heterocycles. The van der Waals surface area contributed by atoms with Crippen LogP contribution in [0.1, 0.15) is 25.5 Å². The minimum absolute atomic E-state index is 0.0107. The fraction of sp³-hybridized carbons (Fsp3) is 0.316. The van der Waals surface area contributed by atoms with Crippen LogP contribution in [0, 0.1) is 5.82 Å². The van der Waals surface area contributed by atoms with Gasteiger partial charge in [0, 0.05) is 18.0 Å². The molecule has 28 heavy (non-hydrogen) atoms. The highest BCUT2D eigenvalue weighted by atomic mass is 32.2. The summed E-state index contributed by atoms with van der Waals surface area (Å²) in [4.78, 5) is 5.13. The second kappa shape index (κ2) is 8.67. The van der Waals surface area contributed by atoms with Gasteiger partial charge >= 0.3 is 6.18 Å². The number of nitrogens with zero attached hydrogens (tertiary/aromatic N) is 2. The van der Waals surface area contributed by atoms with E-state index in [1.54, 1.807) is 13.0 Å². The molecule has 0 saturated carbocycles. The minimum atomic E-state index is -4.49. The van der Waals surface area contributed by atoms with Crippen molar-refractivity contribution in [3.8, 4) is 0 Å². The molecule has 9 heteroatoms. The molecular formula is C19H19F4N3S2. The van der Waals surface area contributed by atoms with E-state index < -0.39 is 18.0 Å². The first-order valence-corrected chi connectivity index (χ1v) is 10.3. The lowest BCUT2D eigenvalue weighted by atomic mass is 10.1. The maximum absolute atomic E-state index is 13.8. The summed E-state index contributed by atoms with van der Waals surface area (Å²) in [5.41, 5.74) is 0.816. The van der Waals surface area contributed by atoms with Crippen LogP contribution in [-0.2, 0) is 0 Å². The summed E-state index contributed by atoms with van der Waals surface area (Å²) in [5, 5.41) is 3.93. The van der Waals surface area contributed by atoms with Crippen molar-refractivity contribution in [3.63, 3.8) is 0 Å². The van der Waals surface area contributed by atoms with E-state index >= 15 is 0 Å². The Hall–Kier alpha value is -1.84. The molecule has 3 rings (SSSR count). The second-order valence-electron chi connectivity index (χ2n) is 6.00. The Bertz CT molecular complexity index is 925. The predicted molar refractivity (Wildman–Crippen MR) is 107 cm³/mol. The maximum Gasteiger partial charge on any atom is 0.408 e. The second-order valence-corrected chi connectivity index (χ2v) is 8.15. The quantitative estimate of drug-likeness (QED) is 0.343. The number of rotatable bonds is 7. The summed E-state index contributed by atoms with van der Waals surface area (Å²) in [5.74, 6) is -0.562. The van der Waals surface area contributed by atoms with E-state index in [2.05, 4.69) is 10.3 Å². The van der Waals surface area contributed by atoms with E-state index in [1.165, 1.54) is 27.8 Å². The lowest BCUT2D eigenvalue weighted by Crippen LogP contribution is -2.34. The van der Waals surface area contributed by atoms with Crippen molar-refractivity contribution < 1.29 is 17.6 Å². The molecule has 0 saturated heterocycles. The van der Waals surface area contributed by atoms with Crippen molar-refractivity contribution in [1.82, 2.24) is 9.29 Å². The fourth-order valence-corrected chi connectivity index (χ4v) is 4.88. The van der Waals surface area contributed by atoms with Gasteiger partial charge < -0.3 is 5.32 Å². The van der Waals surface area contributed by atoms with Crippen LogP contribution in [0.3, 0.4) is 0 Å². The molecule has 1 heterocycles. The Labute approximate surface area is 168 Å². The van der Waals surface area contributed by atoms with Crippen molar-refractivity contribution in [2.45, 2.75) is 31.0 Å². The molecule has 0 aliphatic rings. The maximum atomic E-state index is 13.8. The van der Waals surface area contributed by atoms with Crippen LogP contribution in [0.4, 0.5) is 22.7 Å². The van der Waals surface area contributed by atoms with E-state index in [1.807, 2.05) is 19.1 Å². The van der Waals surface area contributed by atoms with E-state index in [0.717, 1.165) is 46.0 Å². The van der Waals surface area contributed by atoms with E-state index in [4.69, 9.17) is 0 Å².